The lowest BCUT2D eigenvalue weighted by Crippen LogP contribution is -2.32. The highest BCUT2D eigenvalue weighted by molar-refractivity contribution is 5.95. The quantitative estimate of drug-likeness (QED) is 0.905. The summed E-state index contributed by atoms with van der Waals surface area (Å²) in [4.78, 5) is 12.4. The molecule has 7 heteroatoms. The number of amides is 1. The predicted octanol–water partition coefficient (Wildman–Crippen LogP) is 1.96. The normalized spacial score (nSPS) is 15.1. The summed E-state index contributed by atoms with van der Waals surface area (Å²) in [5, 5.41) is 16.1. The van der Waals surface area contributed by atoms with Crippen LogP contribution in [0.25, 0.3) is 0 Å². The maximum absolute atomic E-state index is 13.8. The minimum Gasteiger partial charge on any atom is -0.394 e. The Morgan fingerprint density at radius 1 is 1.35 bits per heavy atom. The fraction of sp³-hybridized carbons (Fsp3) is 0.375. The van der Waals surface area contributed by atoms with E-state index in [0.717, 1.165) is 43.6 Å². The van der Waals surface area contributed by atoms with E-state index in [-0.39, 0.29) is 5.56 Å². The van der Waals surface area contributed by atoms with Crippen LogP contribution in [0.1, 0.15) is 40.5 Å². The molecule has 2 heterocycles. The van der Waals surface area contributed by atoms with Gasteiger partial charge in [0.25, 0.3) is 5.91 Å². The standard InChI is InChI=1S/C16H17F2N3O2/c17-11-4-3-5-12(18)15(11)13(9-22)20-16(23)10-8-19-21-7-2-1-6-14(10)21/h3-5,8,13,22H,1-2,6-7,9H2,(H,20,23). The molecule has 0 radical (unpaired) electrons. The second-order valence-corrected chi connectivity index (χ2v) is 5.53. The Morgan fingerprint density at radius 2 is 2.09 bits per heavy atom. The molecule has 0 aliphatic carbocycles. The Balaban J connectivity index is 1.85. The van der Waals surface area contributed by atoms with Crippen molar-refractivity contribution in [1.82, 2.24) is 15.1 Å². The van der Waals surface area contributed by atoms with Crippen LogP contribution in [-0.2, 0) is 13.0 Å². The molecule has 1 amide bonds. The zero-order valence-electron chi connectivity index (χ0n) is 12.4. The Kier molecular flexibility index (Phi) is 4.38. The molecule has 2 aromatic rings. The van der Waals surface area contributed by atoms with Gasteiger partial charge < -0.3 is 10.4 Å². The maximum Gasteiger partial charge on any atom is 0.255 e. The Morgan fingerprint density at radius 3 is 2.78 bits per heavy atom. The summed E-state index contributed by atoms with van der Waals surface area (Å²) in [5.74, 6) is -2.10. The first kappa shape index (κ1) is 15.6. The summed E-state index contributed by atoms with van der Waals surface area (Å²) in [6, 6.07) is 2.27. The summed E-state index contributed by atoms with van der Waals surface area (Å²) >= 11 is 0. The monoisotopic (exact) mass is 321 g/mol. The number of fused-ring (bicyclic) bond motifs is 1. The number of rotatable bonds is 4. The largest absolute Gasteiger partial charge is 0.394 e. The van der Waals surface area contributed by atoms with Crippen molar-refractivity contribution in [2.45, 2.75) is 31.8 Å². The molecule has 0 saturated carbocycles. The van der Waals surface area contributed by atoms with Gasteiger partial charge in [0.1, 0.15) is 11.6 Å². The molecule has 1 aromatic carbocycles. The third-order valence-corrected chi connectivity index (χ3v) is 4.06. The maximum atomic E-state index is 13.8. The van der Waals surface area contributed by atoms with Crippen molar-refractivity contribution in [3.05, 3.63) is 52.9 Å². The van der Waals surface area contributed by atoms with E-state index in [4.69, 9.17) is 0 Å². The molecule has 1 aromatic heterocycles. The molecule has 2 N–H and O–H groups in total. The van der Waals surface area contributed by atoms with Crippen LogP contribution < -0.4 is 5.32 Å². The van der Waals surface area contributed by atoms with Crippen molar-refractivity contribution < 1.29 is 18.7 Å². The summed E-state index contributed by atoms with van der Waals surface area (Å²) in [6.45, 7) is 0.154. The van der Waals surface area contributed by atoms with Gasteiger partial charge in [0.2, 0.25) is 0 Å². The molecular weight excluding hydrogens is 304 g/mol. The van der Waals surface area contributed by atoms with E-state index in [1.165, 1.54) is 12.3 Å². The average molecular weight is 321 g/mol. The van der Waals surface area contributed by atoms with Crippen LogP contribution in [0.5, 0.6) is 0 Å². The fourth-order valence-electron chi connectivity index (χ4n) is 2.90. The molecule has 5 nitrogen and oxygen atoms in total. The molecule has 3 rings (SSSR count). The lowest BCUT2D eigenvalue weighted by Gasteiger charge is -2.19. The van der Waals surface area contributed by atoms with Crippen molar-refractivity contribution >= 4 is 5.91 Å². The summed E-state index contributed by atoms with van der Waals surface area (Å²) < 4.78 is 29.4. The van der Waals surface area contributed by atoms with Crippen molar-refractivity contribution in [3.8, 4) is 0 Å². The first-order valence-electron chi connectivity index (χ1n) is 7.52. The first-order chi connectivity index (χ1) is 11.1. The molecule has 1 aliphatic heterocycles. The van der Waals surface area contributed by atoms with Crippen molar-refractivity contribution in [3.63, 3.8) is 0 Å². The van der Waals surface area contributed by atoms with Crippen molar-refractivity contribution in [2.24, 2.45) is 0 Å². The van der Waals surface area contributed by atoms with Crippen LogP contribution in [0.2, 0.25) is 0 Å². The third kappa shape index (κ3) is 2.96. The van der Waals surface area contributed by atoms with E-state index in [1.807, 2.05) is 0 Å². The molecule has 0 spiro atoms. The van der Waals surface area contributed by atoms with Crippen LogP contribution in [0.4, 0.5) is 8.78 Å². The smallest absolute Gasteiger partial charge is 0.255 e. The van der Waals surface area contributed by atoms with Crippen LogP contribution in [0.3, 0.4) is 0 Å². The molecule has 0 fully saturated rings. The number of nitrogens with zero attached hydrogens (tertiary/aromatic N) is 2. The molecular formula is C16H17F2N3O2. The van der Waals surface area contributed by atoms with E-state index in [2.05, 4.69) is 10.4 Å². The SMILES string of the molecule is O=C(NC(CO)c1c(F)cccc1F)c1cnn2c1CCCC2. The first-order valence-corrected chi connectivity index (χ1v) is 7.52. The summed E-state index contributed by atoms with van der Waals surface area (Å²) in [5.41, 5.74) is 0.865. The fourth-order valence-corrected chi connectivity index (χ4v) is 2.90. The summed E-state index contributed by atoms with van der Waals surface area (Å²) in [7, 11) is 0. The average Bonchev–Trinajstić information content (AvgIpc) is 2.97. The second kappa shape index (κ2) is 6.45. The van der Waals surface area contributed by atoms with Crippen LogP contribution in [0.15, 0.2) is 24.4 Å². The van der Waals surface area contributed by atoms with E-state index in [1.54, 1.807) is 4.68 Å². The van der Waals surface area contributed by atoms with Gasteiger partial charge in [0.15, 0.2) is 0 Å². The summed E-state index contributed by atoms with van der Waals surface area (Å²) in [6.07, 6.45) is 4.18. The predicted molar refractivity (Wildman–Crippen MR) is 78.8 cm³/mol. The van der Waals surface area contributed by atoms with E-state index < -0.39 is 30.2 Å². The topological polar surface area (TPSA) is 67.2 Å². The number of aromatic nitrogens is 2. The van der Waals surface area contributed by atoms with Crippen molar-refractivity contribution in [1.29, 1.82) is 0 Å². The molecule has 23 heavy (non-hydrogen) atoms. The van der Waals surface area contributed by atoms with Gasteiger partial charge in [-0.1, -0.05) is 6.07 Å². The lowest BCUT2D eigenvalue weighted by atomic mass is 10.0. The Hall–Kier alpha value is -2.28. The van der Waals surface area contributed by atoms with Crippen LogP contribution in [-0.4, -0.2) is 27.4 Å². The van der Waals surface area contributed by atoms with E-state index >= 15 is 0 Å². The zero-order chi connectivity index (χ0) is 16.4. The van der Waals surface area contributed by atoms with E-state index in [0.29, 0.717) is 5.56 Å². The molecule has 1 atom stereocenters. The van der Waals surface area contributed by atoms with Gasteiger partial charge in [-0.15, -0.1) is 0 Å². The Bertz CT molecular complexity index is 710. The lowest BCUT2D eigenvalue weighted by molar-refractivity contribution is 0.0912. The van der Waals surface area contributed by atoms with E-state index in [9.17, 15) is 18.7 Å². The van der Waals surface area contributed by atoms with Crippen LogP contribution in [0, 0.1) is 11.6 Å². The number of hydrogen-bond donors (Lipinski definition) is 2. The van der Waals surface area contributed by atoms with Crippen molar-refractivity contribution in [2.75, 3.05) is 6.61 Å². The molecule has 1 aliphatic rings. The number of halogens is 2. The highest BCUT2D eigenvalue weighted by Crippen LogP contribution is 2.22. The zero-order valence-corrected chi connectivity index (χ0v) is 12.4. The van der Waals surface area contributed by atoms with Gasteiger partial charge in [-0.25, -0.2) is 8.78 Å². The Labute approximate surface area is 131 Å². The molecule has 0 saturated heterocycles. The number of aryl methyl sites for hydroxylation is 1. The van der Waals surface area contributed by atoms with Gasteiger partial charge in [-0.05, 0) is 31.4 Å². The number of hydrogen-bond acceptors (Lipinski definition) is 3. The highest BCUT2D eigenvalue weighted by atomic mass is 19.1. The molecule has 1 unspecified atom stereocenters. The van der Waals surface area contributed by atoms with Gasteiger partial charge in [0, 0.05) is 12.1 Å². The number of nitrogens with one attached hydrogen (secondary N) is 1. The number of aliphatic hydroxyl groups is 1. The molecule has 122 valence electrons. The minimum absolute atomic E-state index is 0.343. The minimum atomic E-state index is -1.15. The number of benzene rings is 1. The number of carbonyl (C=O) groups excluding carboxylic acids is 1. The number of carbonyl (C=O) groups is 1. The van der Waals surface area contributed by atoms with Gasteiger partial charge in [0.05, 0.1) is 30.1 Å². The van der Waals surface area contributed by atoms with Crippen LogP contribution >= 0.6 is 0 Å². The second-order valence-electron chi connectivity index (χ2n) is 5.53. The van der Waals surface area contributed by atoms with Gasteiger partial charge >= 0.3 is 0 Å². The van der Waals surface area contributed by atoms with Gasteiger partial charge in [-0.2, -0.15) is 5.10 Å². The third-order valence-electron chi connectivity index (χ3n) is 4.06. The highest BCUT2D eigenvalue weighted by Gasteiger charge is 2.25. The number of aliphatic hydroxyl groups excluding tert-OH is 1. The molecule has 0 bridgehead atoms. The van der Waals surface area contributed by atoms with Gasteiger partial charge in [-0.3, -0.25) is 9.48 Å².